The first-order valence-corrected chi connectivity index (χ1v) is 8.91. The Morgan fingerprint density at radius 1 is 1.38 bits per heavy atom. The van der Waals surface area contributed by atoms with Gasteiger partial charge in [0, 0.05) is 55.6 Å². The molecule has 2 fully saturated rings. The zero-order chi connectivity index (χ0) is 17.5. The zero-order valence-electron chi connectivity index (χ0n) is 15.2. The summed E-state index contributed by atoms with van der Waals surface area (Å²) in [6.07, 6.45) is 1.70. The van der Waals surface area contributed by atoms with E-state index in [0.29, 0.717) is 25.8 Å². The lowest BCUT2D eigenvalue weighted by atomic mass is 9.72. The summed E-state index contributed by atoms with van der Waals surface area (Å²) in [6, 6.07) is 0.338. The Morgan fingerprint density at radius 2 is 2.04 bits per heavy atom. The first-order valence-electron chi connectivity index (χ1n) is 8.91. The normalized spacial score (nSPS) is 24.1. The van der Waals surface area contributed by atoms with E-state index in [-0.39, 0.29) is 11.3 Å². The molecule has 1 spiro atoms. The highest BCUT2D eigenvalue weighted by Gasteiger charge is 2.50. The fraction of sp³-hybridized carbons (Fsp3) is 0.778. The minimum Gasteiger partial charge on any atom is -0.481 e. The molecule has 1 unspecified atom stereocenters. The van der Waals surface area contributed by atoms with E-state index in [4.69, 9.17) is 4.74 Å². The van der Waals surface area contributed by atoms with Gasteiger partial charge in [-0.05, 0) is 40.5 Å². The van der Waals surface area contributed by atoms with Gasteiger partial charge < -0.3 is 9.84 Å². The Balaban J connectivity index is 1.81. The van der Waals surface area contributed by atoms with Crippen LogP contribution in [0.15, 0.2) is 0 Å². The molecule has 0 aromatic carbocycles. The number of nitrogens with zero attached hydrogens (tertiary/aromatic N) is 3. The maximum absolute atomic E-state index is 11.8. The summed E-state index contributed by atoms with van der Waals surface area (Å²) >= 11 is 0. The van der Waals surface area contributed by atoms with Crippen molar-refractivity contribution in [3.8, 4) is 0 Å². The van der Waals surface area contributed by atoms with E-state index in [1.165, 1.54) is 11.3 Å². The van der Waals surface area contributed by atoms with E-state index in [1.807, 2.05) is 0 Å². The number of carboxylic acid groups (broad SMARTS) is 1. The molecule has 3 rings (SSSR count). The predicted molar refractivity (Wildman–Crippen MR) is 91.0 cm³/mol. The average molecular weight is 335 g/mol. The van der Waals surface area contributed by atoms with Crippen LogP contribution >= 0.6 is 0 Å². The molecule has 1 atom stereocenters. The highest BCUT2D eigenvalue weighted by molar-refractivity contribution is 5.72. The van der Waals surface area contributed by atoms with Gasteiger partial charge >= 0.3 is 5.97 Å². The number of hydrogen-bond donors (Lipinski definition) is 1. The third kappa shape index (κ3) is 2.97. The molecule has 6 heteroatoms. The molecule has 134 valence electrons. The van der Waals surface area contributed by atoms with Crippen molar-refractivity contribution in [1.29, 1.82) is 0 Å². The van der Waals surface area contributed by atoms with Crippen LogP contribution in [0.2, 0.25) is 0 Å². The monoisotopic (exact) mass is 335 g/mol. The van der Waals surface area contributed by atoms with Crippen LogP contribution < -0.4 is 0 Å². The summed E-state index contributed by atoms with van der Waals surface area (Å²) in [5.41, 5.74) is 3.38. The third-order valence-corrected chi connectivity index (χ3v) is 5.85. The minimum atomic E-state index is -0.661. The molecular formula is C18H29N3O3. The summed E-state index contributed by atoms with van der Waals surface area (Å²) in [6.45, 7) is 12.1. The Bertz CT molecular complexity index is 617. The molecule has 1 N–H and O–H groups in total. The summed E-state index contributed by atoms with van der Waals surface area (Å²) in [4.78, 5) is 14.1. The Labute approximate surface area is 143 Å². The predicted octanol–water partition coefficient (Wildman–Crippen LogP) is 2.39. The highest BCUT2D eigenvalue weighted by Crippen LogP contribution is 2.45. The molecule has 0 amide bonds. The lowest BCUT2D eigenvalue weighted by molar-refractivity contribution is -0.146. The van der Waals surface area contributed by atoms with Crippen LogP contribution in [0.25, 0.3) is 0 Å². The van der Waals surface area contributed by atoms with Crippen LogP contribution in [-0.4, -0.2) is 52.1 Å². The van der Waals surface area contributed by atoms with Gasteiger partial charge in [0.05, 0.1) is 11.6 Å². The van der Waals surface area contributed by atoms with E-state index in [0.717, 1.165) is 31.6 Å². The molecule has 0 aliphatic carbocycles. The number of likely N-dealkylation sites (tertiary alicyclic amines) is 1. The second kappa shape index (κ2) is 6.48. The fourth-order valence-electron chi connectivity index (χ4n) is 4.47. The lowest BCUT2D eigenvalue weighted by Crippen LogP contribution is -2.40. The third-order valence-electron chi connectivity index (χ3n) is 5.85. The number of aryl methyl sites for hydroxylation is 1. The fourth-order valence-corrected chi connectivity index (χ4v) is 4.47. The van der Waals surface area contributed by atoms with Gasteiger partial charge in [0.25, 0.3) is 0 Å². The van der Waals surface area contributed by atoms with Crippen LogP contribution in [0, 0.1) is 25.2 Å². The number of ether oxygens (including phenoxy) is 1. The number of hydrogen-bond acceptors (Lipinski definition) is 4. The molecule has 2 saturated heterocycles. The van der Waals surface area contributed by atoms with Crippen molar-refractivity contribution in [2.45, 2.75) is 53.1 Å². The Kier molecular flexibility index (Phi) is 4.71. The smallest absolute Gasteiger partial charge is 0.308 e. The van der Waals surface area contributed by atoms with Crippen LogP contribution in [0.1, 0.15) is 49.7 Å². The second-order valence-electron chi connectivity index (χ2n) is 7.72. The van der Waals surface area contributed by atoms with E-state index in [1.54, 1.807) is 0 Å². The van der Waals surface area contributed by atoms with Crippen molar-refractivity contribution in [3.05, 3.63) is 17.0 Å². The lowest BCUT2D eigenvalue weighted by Gasteiger charge is -2.36. The SMILES string of the molecule is Cc1nn(C(C)C)c(C)c1CN1CC(C(=O)O)C2(CCOCC2)C1. The number of carboxylic acids is 1. The molecule has 6 nitrogen and oxygen atoms in total. The molecule has 0 saturated carbocycles. The van der Waals surface area contributed by atoms with Crippen LogP contribution in [0.3, 0.4) is 0 Å². The molecule has 0 radical (unpaired) electrons. The standard InChI is InChI=1S/C18H29N3O3/c1-12(2)21-14(4)15(13(3)19-21)9-20-10-16(17(22)23)18(11-20)5-7-24-8-6-18/h12,16H,5-11H2,1-4H3,(H,22,23). The van der Waals surface area contributed by atoms with Crippen molar-refractivity contribution in [3.63, 3.8) is 0 Å². The van der Waals surface area contributed by atoms with Gasteiger partial charge in [-0.15, -0.1) is 0 Å². The van der Waals surface area contributed by atoms with Crippen molar-refractivity contribution in [2.24, 2.45) is 11.3 Å². The van der Waals surface area contributed by atoms with Gasteiger partial charge in [-0.2, -0.15) is 5.10 Å². The molecule has 3 heterocycles. The minimum absolute atomic E-state index is 0.125. The van der Waals surface area contributed by atoms with Gasteiger partial charge in [-0.3, -0.25) is 14.4 Å². The summed E-state index contributed by atoms with van der Waals surface area (Å²) in [7, 11) is 0. The highest BCUT2D eigenvalue weighted by atomic mass is 16.5. The zero-order valence-corrected chi connectivity index (χ0v) is 15.2. The largest absolute Gasteiger partial charge is 0.481 e. The number of rotatable bonds is 4. The number of aromatic nitrogens is 2. The summed E-state index contributed by atoms with van der Waals surface area (Å²) in [5, 5.41) is 14.4. The van der Waals surface area contributed by atoms with Gasteiger partial charge in [0.2, 0.25) is 0 Å². The molecule has 2 aliphatic rings. The van der Waals surface area contributed by atoms with Gasteiger partial charge in [0.1, 0.15) is 0 Å². The van der Waals surface area contributed by atoms with Gasteiger partial charge in [-0.1, -0.05) is 0 Å². The maximum atomic E-state index is 11.8. The molecule has 1 aromatic heterocycles. The van der Waals surface area contributed by atoms with E-state index < -0.39 is 5.97 Å². The van der Waals surface area contributed by atoms with E-state index >= 15 is 0 Å². The molecular weight excluding hydrogens is 306 g/mol. The number of aliphatic carboxylic acids is 1. The first-order chi connectivity index (χ1) is 11.3. The Morgan fingerprint density at radius 3 is 2.58 bits per heavy atom. The molecule has 2 aliphatic heterocycles. The van der Waals surface area contributed by atoms with Gasteiger partial charge in [-0.25, -0.2) is 0 Å². The van der Waals surface area contributed by atoms with Crippen LogP contribution in [-0.2, 0) is 16.1 Å². The van der Waals surface area contributed by atoms with Crippen molar-refractivity contribution in [2.75, 3.05) is 26.3 Å². The first kappa shape index (κ1) is 17.4. The number of carbonyl (C=O) groups is 1. The van der Waals surface area contributed by atoms with E-state index in [9.17, 15) is 9.90 Å². The van der Waals surface area contributed by atoms with Gasteiger partial charge in [0.15, 0.2) is 0 Å². The summed E-state index contributed by atoms with van der Waals surface area (Å²) < 4.78 is 7.55. The molecule has 1 aromatic rings. The van der Waals surface area contributed by atoms with Crippen molar-refractivity contribution in [1.82, 2.24) is 14.7 Å². The van der Waals surface area contributed by atoms with Crippen molar-refractivity contribution < 1.29 is 14.6 Å². The Hall–Kier alpha value is -1.40. The quantitative estimate of drug-likeness (QED) is 0.915. The average Bonchev–Trinajstić information content (AvgIpc) is 3.01. The topological polar surface area (TPSA) is 67.6 Å². The second-order valence-corrected chi connectivity index (χ2v) is 7.72. The molecule has 24 heavy (non-hydrogen) atoms. The van der Waals surface area contributed by atoms with E-state index in [2.05, 4.69) is 42.4 Å². The maximum Gasteiger partial charge on any atom is 0.308 e. The van der Waals surface area contributed by atoms with Crippen LogP contribution in [0.4, 0.5) is 0 Å². The molecule has 0 bridgehead atoms. The van der Waals surface area contributed by atoms with Crippen molar-refractivity contribution >= 4 is 5.97 Å². The van der Waals surface area contributed by atoms with Crippen LogP contribution in [0.5, 0.6) is 0 Å². The summed E-state index contributed by atoms with van der Waals surface area (Å²) in [5.74, 6) is -0.951.